The van der Waals surface area contributed by atoms with Gasteiger partial charge in [0.2, 0.25) is 0 Å². The molecular formula is C21H14F6N4OS. The van der Waals surface area contributed by atoms with Crippen LogP contribution in [0.4, 0.5) is 26.3 Å². The number of para-hydroxylation sites is 1. The standard InChI is InChI=1S/C21H14F6N4OS/c22-17(23)20(32,18(24)33-19-28-9-8-16(30-19)21(25,26)27)13-6-7-15-12(10-13)11-29-31(15)14-4-2-1-3-5-14/h1-11,17-18,32H. The Morgan fingerprint density at radius 2 is 1.70 bits per heavy atom. The molecule has 2 aromatic heterocycles. The van der Waals surface area contributed by atoms with Crippen molar-refractivity contribution in [2.24, 2.45) is 0 Å². The maximum Gasteiger partial charge on any atom is 0.433 e. The summed E-state index contributed by atoms with van der Waals surface area (Å²) < 4.78 is 82.9. The van der Waals surface area contributed by atoms with Crippen LogP contribution in [-0.4, -0.2) is 36.8 Å². The van der Waals surface area contributed by atoms with E-state index in [0.29, 0.717) is 22.7 Å². The van der Waals surface area contributed by atoms with Gasteiger partial charge in [-0.25, -0.2) is 27.8 Å². The molecule has 172 valence electrons. The summed E-state index contributed by atoms with van der Waals surface area (Å²) in [5.41, 5.74) is -6.73. The molecule has 0 amide bonds. The van der Waals surface area contributed by atoms with E-state index in [0.717, 1.165) is 18.3 Å². The van der Waals surface area contributed by atoms with Gasteiger partial charge in [0.05, 0.1) is 17.4 Å². The van der Waals surface area contributed by atoms with Gasteiger partial charge in [0.25, 0.3) is 6.43 Å². The van der Waals surface area contributed by atoms with Gasteiger partial charge in [-0.05, 0) is 47.7 Å². The topological polar surface area (TPSA) is 63.8 Å². The van der Waals surface area contributed by atoms with Crippen LogP contribution < -0.4 is 0 Å². The number of hydrogen-bond acceptors (Lipinski definition) is 5. The molecule has 0 saturated heterocycles. The van der Waals surface area contributed by atoms with Crippen molar-refractivity contribution in [1.82, 2.24) is 19.7 Å². The van der Waals surface area contributed by atoms with E-state index in [9.17, 15) is 27.1 Å². The maximum absolute atomic E-state index is 15.0. The van der Waals surface area contributed by atoms with E-state index in [1.807, 2.05) is 6.07 Å². The summed E-state index contributed by atoms with van der Waals surface area (Å²) in [5, 5.41) is 14.5. The molecule has 0 bridgehead atoms. The lowest BCUT2D eigenvalue weighted by Crippen LogP contribution is -2.42. The van der Waals surface area contributed by atoms with E-state index in [1.54, 1.807) is 28.9 Å². The molecule has 0 spiro atoms. The highest BCUT2D eigenvalue weighted by Crippen LogP contribution is 2.42. The minimum atomic E-state index is -4.83. The van der Waals surface area contributed by atoms with Crippen molar-refractivity contribution in [3.8, 4) is 5.69 Å². The van der Waals surface area contributed by atoms with Gasteiger partial charge in [0, 0.05) is 11.6 Å². The zero-order valence-corrected chi connectivity index (χ0v) is 17.2. The average molecular weight is 484 g/mol. The molecule has 2 heterocycles. The molecule has 0 aliphatic rings. The second kappa shape index (κ2) is 8.67. The number of rotatable bonds is 6. The van der Waals surface area contributed by atoms with Gasteiger partial charge in [-0.1, -0.05) is 24.3 Å². The molecule has 0 saturated carbocycles. The van der Waals surface area contributed by atoms with Crippen molar-refractivity contribution < 1.29 is 31.4 Å². The largest absolute Gasteiger partial charge is 0.433 e. The van der Waals surface area contributed by atoms with E-state index in [1.165, 1.54) is 12.3 Å². The van der Waals surface area contributed by atoms with Gasteiger partial charge in [-0.15, -0.1) is 0 Å². The van der Waals surface area contributed by atoms with Gasteiger partial charge >= 0.3 is 6.18 Å². The van der Waals surface area contributed by atoms with Crippen molar-refractivity contribution in [1.29, 1.82) is 0 Å². The monoisotopic (exact) mass is 484 g/mol. The first-order valence-electron chi connectivity index (χ1n) is 9.36. The Hall–Kier alpha value is -3.12. The summed E-state index contributed by atoms with van der Waals surface area (Å²) >= 11 is -0.128. The number of fused-ring (bicyclic) bond motifs is 1. The van der Waals surface area contributed by atoms with Gasteiger partial charge in [-0.2, -0.15) is 18.3 Å². The number of aromatic nitrogens is 4. The second-order valence-corrected chi connectivity index (χ2v) is 7.96. The van der Waals surface area contributed by atoms with Crippen molar-refractivity contribution in [2.75, 3.05) is 0 Å². The maximum atomic E-state index is 15.0. The van der Waals surface area contributed by atoms with E-state index >= 15 is 4.39 Å². The average Bonchev–Trinajstić information content (AvgIpc) is 3.22. The van der Waals surface area contributed by atoms with Crippen LogP contribution in [0.15, 0.2) is 72.1 Å². The first-order chi connectivity index (χ1) is 15.6. The molecule has 0 fully saturated rings. The Bertz CT molecular complexity index is 1270. The molecule has 0 aliphatic carbocycles. The Morgan fingerprint density at radius 3 is 2.36 bits per heavy atom. The van der Waals surface area contributed by atoms with E-state index in [-0.39, 0.29) is 11.8 Å². The highest BCUT2D eigenvalue weighted by molar-refractivity contribution is 7.99. The highest BCUT2D eigenvalue weighted by atomic mass is 32.2. The quantitative estimate of drug-likeness (QED) is 0.226. The molecule has 4 aromatic rings. The third kappa shape index (κ3) is 4.40. The molecule has 33 heavy (non-hydrogen) atoms. The fourth-order valence-corrected chi connectivity index (χ4v) is 4.03. The number of alkyl halides is 6. The summed E-state index contributed by atoms with van der Waals surface area (Å²) in [7, 11) is 0. The van der Waals surface area contributed by atoms with Crippen LogP contribution in [0.1, 0.15) is 11.3 Å². The Kier molecular flexibility index (Phi) is 6.06. The van der Waals surface area contributed by atoms with Crippen LogP contribution in [0.5, 0.6) is 0 Å². The SMILES string of the molecule is OC(c1ccc2c(cnn2-c2ccccc2)c1)(C(F)F)C(F)Sc1nccc(C(F)(F)F)n1. The number of aliphatic hydroxyl groups is 1. The van der Waals surface area contributed by atoms with Crippen molar-refractivity contribution in [3.05, 3.63) is 78.2 Å². The minimum absolute atomic E-state index is 0.128. The van der Waals surface area contributed by atoms with Crippen LogP contribution in [0, 0.1) is 0 Å². The van der Waals surface area contributed by atoms with Gasteiger partial charge < -0.3 is 5.11 Å². The number of benzene rings is 2. The molecule has 2 unspecified atom stereocenters. The first kappa shape index (κ1) is 23.1. The number of thioether (sulfide) groups is 1. The lowest BCUT2D eigenvalue weighted by atomic mass is 9.94. The van der Waals surface area contributed by atoms with Gasteiger partial charge in [-0.3, -0.25) is 0 Å². The lowest BCUT2D eigenvalue weighted by Gasteiger charge is -2.30. The van der Waals surface area contributed by atoms with Crippen LogP contribution in [0.3, 0.4) is 0 Å². The Labute approximate surface area is 187 Å². The zero-order chi connectivity index (χ0) is 23.8. The third-order valence-corrected chi connectivity index (χ3v) is 5.82. The van der Waals surface area contributed by atoms with Gasteiger partial charge in [0.15, 0.2) is 16.3 Å². The van der Waals surface area contributed by atoms with E-state index in [2.05, 4.69) is 15.1 Å². The lowest BCUT2D eigenvalue weighted by molar-refractivity contribution is -0.141. The Balaban J connectivity index is 1.68. The van der Waals surface area contributed by atoms with Crippen LogP contribution >= 0.6 is 11.8 Å². The van der Waals surface area contributed by atoms with E-state index < -0.39 is 40.1 Å². The predicted molar refractivity (Wildman–Crippen MR) is 109 cm³/mol. The Morgan fingerprint density at radius 1 is 0.970 bits per heavy atom. The second-order valence-electron chi connectivity index (χ2n) is 6.95. The van der Waals surface area contributed by atoms with E-state index in [4.69, 9.17) is 0 Å². The molecule has 0 aliphatic heterocycles. The summed E-state index contributed by atoms with van der Waals surface area (Å²) in [6.07, 6.45) is -6.33. The summed E-state index contributed by atoms with van der Waals surface area (Å²) in [4.78, 5) is 6.64. The molecular weight excluding hydrogens is 470 g/mol. The molecule has 5 nitrogen and oxygen atoms in total. The van der Waals surface area contributed by atoms with Gasteiger partial charge in [0.1, 0.15) is 5.69 Å². The van der Waals surface area contributed by atoms with Crippen molar-refractivity contribution >= 4 is 22.7 Å². The third-order valence-electron chi connectivity index (χ3n) is 4.84. The van der Waals surface area contributed by atoms with Crippen LogP contribution in [-0.2, 0) is 11.8 Å². The molecule has 4 rings (SSSR count). The normalized spacial score (nSPS) is 15.0. The molecule has 2 atom stereocenters. The minimum Gasteiger partial charge on any atom is -0.376 e. The fourth-order valence-electron chi connectivity index (χ4n) is 3.15. The molecule has 12 heteroatoms. The smallest absolute Gasteiger partial charge is 0.376 e. The van der Waals surface area contributed by atoms with Crippen LogP contribution in [0.2, 0.25) is 0 Å². The summed E-state index contributed by atoms with van der Waals surface area (Å²) in [5.74, 6) is 0. The van der Waals surface area contributed by atoms with Crippen LogP contribution in [0.25, 0.3) is 16.6 Å². The first-order valence-corrected chi connectivity index (χ1v) is 10.2. The summed E-state index contributed by atoms with van der Waals surface area (Å²) in [6, 6.07) is 13.2. The van der Waals surface area contributed by atoms with Crippen molar-refractivity contribution in [3.63, 3.8) is 0 Å². The molecule has 0 radical (unpaired) electrons. The number of halogens is 6. The predicted octanol–water partition coefficient (Wildman–Crippen LogP) is 5.37. The van der Waals surface area contributed by atoms with Crippen molar-refractivity contribution in [2.45, 2.75) is 28.9 Å². The number of hydrogen-bond donors (Lipinski definition) is 1. The molecule has 1 N–H and O–H groups in total. The summed E-state index contributed by atoms with van der Waals surface area (Å²) in [6.45, 7) is 0. The zero-order valence-electron chi connectivity index (χ0n) is 16.4. The molecule has 2 aromatic carbocycles. The fraction of sp³-hybridized carbons (Fsp3) is 0.190. The highest BCUT2D eigenvalue weighted by Gasteiger charge is 2.49. The number of nitrogens with zero attached hydrogens (tertiary/aromatic N) is 4.